The molecule has 1 aliphatic carbocycles. The van der Waals surface area contributed by atoms with Crippen molar-refractivity contribution in [2.75, 3.05) is 6.54 Å². The lowest BCUT2D eigenvalue weighted by Gasteiger charge is -2.36. The fraction of sp³-hybridized carbons (Fsp3) is 0.933. The number of nitrogens with one attached hydrogen (secondary N) is 1. The number of aliphatic carboxylic acids is 1. The molecule has 0 aromatic heterocycles. The lowest BCUT2D eigenvalue weighted by atomic mass is 9.77. The molecular weight excluding hydrogens is 242 g/mol. The number of carbonyl (C=O) groups is 1. The predicted molar refractivity (Wildman–Crippen MR) is 76.2 cm³/mol. The second-order valence-corrected chi connectivity index (χ2v) is 5.99. The van der Waals surface area contributed by atoms with Gasteiger partial charge >= 0.3 is 5.97 Å². The van der Waals surface area contributed by atoms with Crippen molar-refractivity contribution in [2.24, 2.45) is 5.92 Å². The minimum Gasteiger partial charge on any atom is -0.480 e. The van der Waals surface area contributed by atoms with Gasteiger partial charge in [0.2, 0.25) is 0 Å². The van der Waals surface area contributed by atoms with Gasteiger partial charge in [0.15, 0.2) is 0 Å². The van der Waals surface area contributed by atoms with Gasteiger partial charge in [0.05, 0.1) is 5.60 Å². The van der Waals surface area contributed by atoms with Crippen molar-refractivity contribution in [1.29, 1.82) is 0 Å². The van der Waals surface area contributed by atoms with Crippen LogP contribution >= 0.6 is 0 Å². The number of hydrogen-bond donors (Lipinski definition) is 3. The second kappa shape index (κ2) is 7.85. The fourth-order valence-corrected chi connectivity index (χ4v) is 2.83. The topological polar surface area (TPSA) is 69.6 Å². The number of carboxylic acids is 1. The van der Waals surface area contributed by atoms with Crippen molar-refractivity contribution in [3.05, 3.63) is 0 Å². The minimum absolute atomic E-state index is 0.407. The first-order chi connectivity index (χ1) is 9.00. The van der Waals surface area contributed by atoms with Gasteiger partial charge in [-0.25, -0.2) is 0 Å². The van der Waals surface area contributed by atoms with Crippen LogP contribution in [0.25, 0.3) is 0 Å². The summed E-state index contributed by atoms with van der Waals surface area (Å²) in [4.78, 5) is 11.1. The number of aliphatic hydroxyl groups is 1. The van der Waals surface area contributed by atoms with Gasteiger partial charge in [-0.3, -0.25) is 4.79 Å². The van der Waals surface area contributed by atoms with Crippen LogP contribution in [-0.2, 0) is 4.79 Å². The van der Waals surface area contributed by atoms with E-state index in [0.717, 1.165) is 44.4 Å². The van der Waals surface area contributed by atoms with Crippen LogP contribution in [0.2, 0.25) is 0 Å². The summed E-state index contributed by atoms with van der Waals surface area (Å²) >= 11 is 0. The molecule has 0 aromatic rings. The summed E-state index contributed by atoms with van der Waals surface area (Å²) in [6, 6.07) is -0.520. The zero-order chi connectivity index (χ0) is 14.3. The van der Waals surface area contributed by atoms with Gasteiger partial charge in [-0.2, -0.15) is 0 Å². The van der Waals surface area contributed by atoms with Crippen LogP contribution < -0.4 is 5.32 Å². The Morgan fingerprint density at radius 3 is 2.47 bits per heavy atom. The van der Waals surface area contributed by atoms with E-state index in [4.69, 9.17) is 5.11 Å². The van der Waals surface area contributed by atoms with Gasteiger partial charge in [-0.1, -0.05) is 33.1 Å². The SMILES string of the molecule is CCCCC(NCC1(O)CCC(CC)CC1)C(=O)O. The first kappa shape index (κ1) is 16.4. The normalized spacial score (nSPS) is 29.1. The fourth-order valence-electron chi connectivity index (χ4n) is 2.83. The summed E-state index contributed by atoms with van der Waals surface area (Å²) < 4.78 is 0. The molecule has 0 amide bonds. The highest BCUT2D eigenvalue weighted by Crippen LogP contribution is 2.33. The molecule has 4 heteroatoms. The molecule has 3 N–H and O–H groups in total. The monoisotopic (exact) mass is 271 g/mol. The van der Waals surface area contributed by atoms with Crippen LogP contribution in [0.15, 0.2) is 0 Å². The zero-order valence-corrected chi connectivity index (χ0v) is 12.3. The highest BCUT2D eigenvalue weighted by atomic mass is 16.4. The van der Waals surface area contributed by atoms with E-state index in [0.29, 0.717) is 13.0 Å². The van der Waals surface area contributed by atoms with E-state index >= 15 is 0 Å². The Morgan fingerprint density at radius 1 is 1.37 bits per heavy atom. The van der Waals surface area contributed by atoms with E-state index in [1.165, 1.54) is 6.42 Å². The van der Waals surface area contributed by atoms with Crippen LogP contribution in [0.3, 0.4) is 0 Å². The Balaban J connectivity index is 2.38. The van der Waals surface area contributed by atoms with Crippen molar-refractivity contribution in [1.82, 2.24) is 5.32 Å². The number of unbranched alkanes of at least 4 members (excludes halogenated alkanes) is 1. The largest absolute Gasteiger partial charge is 0.480 e. The molecule has 112 valence electrons. The molecule has 1 unspecified atom stereocenters. The molecule has 0 spiro atoms. The maximum Gasteiger partial charge on any atom is 0.320 e. The van der Waals surface area contributed by atoms with Gasteiger partial charge in [-0.05, 0) is 38.0 Å². The molecule has 0 radical (unpaired) electrons. The van der Waals surface area contributed by atoms with Crippen LogP contribution in [-0.4, -0.2) is 34.4 Å². The Morgan fingerprint density at radius 2 is 2.00 bits per heavy atom. The molecule has 0 bridgehead atoms. The van der Waals surface area contributed by atoms with Gasteiger partial charge < -0.3 is 15.5 Å². The van der Waals surface area contributed by atoms with E-state index < -0.39 is 17.6 Å². The van der Waals surface area contributed by atoms with Crippen molar-refractivity contribution in [3.8, 4) is 0 Å². The van der Waals surface area contributed by atoms with E-state index in [2.05, 4.69) is 19.2 Å². The molecule has 0 heterocycles. The molecule has 1 fully saturated rings. The molecule has 1 atom stereocenters. The van der Waals surface area contributed by atoms with Gasteiger partial charge in [-0.15, -0.1) is 0 Å². The molecule has 1 saturated carbocycles. The average Bonchev–Trinajstić information content (AvgIpc) is 2.39. The Bertz CT molecular complexity index is 273. The summed E-state index contributed by atoms with van der Waals surface area (Å²) in [5.74, 6) is -0.0741. The smallest absolute Gasteiger partial charge is 0.320 e. The average molecular weight is 271 g/mol. The molecule has 19 heavy (non-hydrogen) atoms. The summed E-state index contributed by atoms with van der Waals surface area (Å²) in [6.07, 6.45) is 7.41. The van der Waals surface area contributed by atoms with Gasteiger partial charge in [0, 0.05) is 6.54 Å². The predicted octanol–water partition coefficient (Wildman–Crippen LogP) is 2.55. The summed E-state index contributed by atoms with van der Waals surface area (Å²) in [5, 5.41) is 22.7. The maximum absolute atomic E-state index is 11.1. The molecule has 1 aliphatic rings. The minimum atomic E-state index is -0.806. The summed E-state index contributed by atoms with van der Waals surface area (Å²) in [6.45, 7) is 4.65. The summed E-state index contributed by atoms with van der Waals surface area (Å²) in [5.41, 5.74) is -0.703. The third-order valence-corrected chi connectivity index (χ3v) is 4.44. The van der Waals surface area contributed by atoms with Crippen LogP contribution in [0.5, 0.6) is 0 Å². The first-order valence-electron chi connectivity index (χ1n) is 7.69. The molecule has 0 aliphatic heterocycles. The Labute approximate surface area is 116 Å². The van der Waals surface area contributed by atoms with E-state index in [1.54, 1.807) is 0 Å². The zero-order valence-electron chi connectivity index (χ0n) is 12.3. The highest BCUT2D eigenvalue weighted by Gasteiger charge is 2.33. The van der Waals surface area contributed by atoms with Gasteiger partial charge in [0.25, 0.3) is 0 Å². The summed E-state index contributed by atoms with van der Waals surface area (Å²) in [7, 11) is 0. The molecular formula is C15H29NO3. The third kappa shape index (κ3) is 5.49. The molecule has 0 aromatic carbocycles. The number of rotatable bonds is 8. The highest BCUT2D eigenvalue weighted by molar-refractivity contribution is 5.73. The standard InChI is InChI=1S/C15H29NO3/c1-3-5-6-13(14(17)18)16-11-15(19)9-7-12(4-2)8-10-15/h12-13,16,19H,3-11H2,1-2H3,(H,17,18). The molecule has 4 nitrogen and oxygen atoms in total. The lowest BCUT2D eigenvalue weighted by Crippen LogP contribution is -2.48. The van der Waals surface area contributed by atoms with Crippen LogP contribution in [0.1, 0.15) is 65.2 Å². The Hall–Kier alpha value is -0.610. The van der Waals surface area contributed by atoms with E-state index in [9.17, 15) is 9.90 Å². The molecule has 0 saturated heterocycles. The van der Waals surface area contributed by atoms with Crippen LogP contribution in [0, 0.1) is 5.92 Å². The maximum atomic E-state index is 11.1. The molecule has 1 rings (SSSR count). The number of carboxylic acid groups (broad SMARTS) is 1. The third-order valence-electron chi connectivity index (χ3n) is 4.44. The van der Waals surface area contributed by atoms with E-state index in [-0.39, 0.29) is 0 Å². The number of hydrogen-bond acceptors (Lipinski definition) is 3. The van der Waals surface area contributed by atoms with Crippen molar-refractivity contribution in [3.63, 3.8) is 0 Å². The van der Waals surface area contributed by atoms with Crippen molar-refractivity contribution in [2.45, 2.75) is 76.9 Å². The van der Waals surface area contributed by atoms with Gasteiger partial charge in [0.1, 0.15) is 6.04 Å². The lowest BCUT2D eigenvalue weighted by molar-refractivity contribution is -0.140. The van der Waals surface area contributed by atoms with Crippen molar-refractivity contribution >= 4 is 5.97 Å². The second-order valence-electron chi connectivity index (χ2n) is 5.99. The van der Waals surface area contributed by atoms with E-state index in [1.807, 2.05) is 0 Å². The van der Waals surface area contributed by atoms with Crippen molar-refractivity contribution < 1.29 is 15.0 Å². The quantitative estimate of drug-likeness (QED) is 0.634. The first-order valence-corrected chi connectivity index (χ1v) is 7.69. The van der Waals surface area contributed by atoms with Crippen LogP contribution in [0.4, 0.5) is 0 Å². The Kier molecular flexibility index (Phi) is 6.80.